The zero-order chi connectivity index (χ0) is 8.91. The van der Waals surface area contributed by atoms with Crippen molar-refractivity contribution in [1.29, 1.82) is 5.26 Å². The van der Waals surface area contributed by atoms with Gasteiger partial charge in [0.15, 0.2) is 0 Å². The number of carbonyl (C=O) groups is 1. The summed E-state index contributed by atoms with van der Waals surface area (Å²) in [6, 6.07) is 1.57. The molecular formula is C6H4F3NO. The minimum atomic E-state index is -4.83. The van der Waals surface area contributed by atoms with Crippen LogP contribution in [0.25, 0.3) is 0 Å². The number of ketones is 1. The number of nitriles is 1. The van der Waals surface area contributed by atoms with Crippen LogP contribution >= 0.6 is 0 Å². The highest BCUT2D eigenvalue weighted by molar-refractivity contribution is 5.94. The van der Waals surface area contributed by atoms with Gasteiger partial charge in [0.2, 0.25) is 0 Å². The molecular weight excluding hydrogens is 159 g/mol. The molecule has 0 radical (unpaired) electrons. The van der Waals surface area contributed by atoms with Crippen molar-refractivity contribution in [3.05, 3.63) is 12.2 Å². The summed E-state index contributed by atoms with van der Waals surface area (Å²) >= 11 is 0. The van der Waals surface area contributed by atoms with E-state index in [2.05, 4.69) is 0 Å². The molecule has 2 nitrogen and oxygen atoms in total. The smallest absolute Gasteiger partial charge is 0.285 e. The highest BCUT2D eigenvalue weighted by Crippen LogP contribution is 2.16. The number of rotatable bonds is 2. The summed E-state index contributed by atoms with van der Waals surface area (Å²) in [4.78, 5) is 10.0. The monoisotopic (exact) mass is 163 g/mol. The maximum Gasteiger partial charge on any atom is 0.454 e. The van der Waals surface area contributed by atoms with Crippen molar-refractivity contribution in [2.75, 3.05) is 0 Å². The van der Waals surface area contributed by atoms with Crippen molar-refractivity contribution >= 4 is 5.78 Å². The van der Waals surface area contributed by atoms with E-state index in [0.29, 0.717) is 6.08 Å². The molecule has 0 atom stereocenters. The lowest BCUT2D eigenvalue weighted by Crippen LogP contribution is -2.19. The lowest BCUT2D eigenvalue weighted by Gasteiger charge is -1.97. The van der Waals surface area contributed by atoms with Gasteiger partial charge in [0, 0.05) is 0 Å². The van der Waals surface area contributed by atoms with Crippen LogP contribution in [0, 0.1) is 11.3 Å². The molecule has 0 unspecified atom stereocenters. The van der Waals surface area contributed by atoms with Gasteiger partial charge >= 0.3 is 6.18 Å². The third-order valence-electron chi connectivity index (χ3n) is 0.758. The van der Waals surface area contributed by atoms with Gasteiger partial charge in [0.25, 0.3) is 5.78 Å². The molecule has 0 fully saturated rings. The molecule has 0 N–H and O–H groups in total. The summed E-state index contributed by atoms with van der Waals surface area (Å²) in [5, 5.41) is 7.89. The van der Waals surface area contributed by atoms with Gasteiger partial charge in [0.05, 0.1) is 12.5 Å². The minimum absolute atomic E-state index is 0.193. The van der Waals surface area contributed by atoms with Crippen molar-refractivity contribution < 1.29 is 18.0 Å². The molecule has 0 heterocycles. The summed E-state index contributed by atoms with van der Waals surface area (Å²) in [5.74, 6) is -1.94. The topological polar surface area (TPSA) is 40.9 Å². The van der Waals surface area contributed by atoms with E-state index in [1.807, 2.05) is 0 Å². The van der Waals surface area contributed by atoms with Gasteiger partial charge in [-0.05, 0) is 6.08 Å². The summed E-state index contributed by atoms with van der Waals surface area (Å²) in [7, 11) is 0. The fraction of sp³-hybridized carbons (Fsp3) is 0.333. The molecule has 5 heteroatoms. The average molecular weight is 163 g/mol. The molecule has 11 heavy (non-hydrogen) atoms. The second-order valence-electron chi connectivity index (χ2n) is 1.63. The van der Waals surface area contributed by atoms with Crippen molar-refractivity contribution in [1.82, 2.24) is 0 Å². The van der Waals surface area contributed by atoms with Gasteiger partial charge in [-0.1, -0.05) is 6.08 Å². The SMILES string of the molecule is N#CCC=CC(=O)C(F)(F)F. The summed E-state index contributed by atoms with van der Waals surface area (Å²) in [6.45, 7) is 0. The number of carbonyl (C=O) groups excluding carboxylic acids is 1. The largest absolute Gasteiger partial charge is 0.454 e. The molecule has 0 aliphatic heterocycles. The number of halogens is 3. The Morgan fingerprint density at radius 2 is 2.09 bits per heavy atom. The van der Waals surface area contributed by atoms with E-state index < -0.39 is 12.0 Å². The maximum atomic E-state index is 11.4. The van der Waals surface area contributed by atoms with Crippen molar-refractivity contribution in [3.63, 3.8) is 0 Å². The Morgan fingerprint density at radius 1 is 1.55 bits per heavy atom. The molecule has 60 valence electrons. The highest BCUT2D eigenvalue weighted by atomic mass is 19.4. The molecule has 0 amide bonds. The first-order chi connectivity index (χ1) is 4.98. The highest BCUT2D eigenvalue weighted by Gasteiger charge is 2.35. The van der Waals surface area contributed by atoms with Gasteiger partial charge in [-0.15, -0.1) is 0 Å². The van der Waals surface area contributed by atoms with Crippen molar-refractivity contribution in [2.24, 2.45) is 0 Å². The third kappa shape index (κ3) is 4.14. The van der Waals surface area contributed by atoms with Gasteiger partial charge in [0.1, 0.15) is 0 Å². The first-order valence-corrected chi connectivity index (χ1v) is 2.63. The third-order valence-corrected chi connectivity index (χ3v) is 0.758. The van der Waals surface area contributed by atoms with E-state index in [4.69, 9.17) is 5.26 Å². The van der Waals surface area contributed by atoms with Crippen LogP contribution in [0.4, 0.5) is 13.2 Å². The van der Waals surface area contributed by atoms with Crippen LogP contribution in [0.1, 0.15) is 6.42 Å². The molecule has 0 saturated heterocycles. The number of hydrogen-bond acceptors (Lipinski definition) is 2. The molecule has 0 aliphatic carbocycles. The summed E-state index contributed by atoms with van der Waals surface area (Å²) in [6.07, 6.45) is -3.80. The molecule has 0 spiro atoms. The second-order valence-corrected chi connectivity index (χ2v) is 1.63. The second kappa shape index (κ2) is 3.76. The molecule has 0 aromatic heterocycles. The van der Waals surface area contributed by atoms with Gasteiger partial charge in [-0.2, -0.15) is 18.4 Å². The van der Waals surface area contributed by atoms with E-state index in [9.17, 15) is 18.0 Å². The van der Waals surface area contributed by atoms with Gasteiger partial charge < -0.3 is 0 Å². The quantitative estimate of drug-likeness (QED) is 0.580. The Morgan fingerprint density at radius 3 is 2.45 bits per heavy atom. The predicted molar refractivity (Wildman–Crippen MR) is 30.4 cm³/mol. The molecule has 0 rings (SSSR count). The lowest BCUT2D eigenvalue weighted by atomic mass is 10.3. The van der Waals surface area contributed by atoms with Crippen LogP contribution in [0.2, 0.25) is 0 Å². The fourth-order valence-corrected chi connectivity index (χ4v) is 0.313. The van der Waals surface area contributed by atoms with Crippen LogP contribution in [0.3, 0.4) is 0 Å². The Balaban J connectivity index is 4.00. The first kappa shape index (κ1) is 9.69. The average Bonchev–Trinajstić information content (AvgIpc) is 1.86. The fourth-order valence-electron chi connectivity index (χ4n) is 0.313. The zero-order valence-corrected chi connectivity index (χ0v) is 5.35. The van der Waals surface area contributed by atoms with Gasteiger partial charge in [-0.3, -0.25) is 4.79 Å². The molecule has 0 aromatic rings. The molecule has 0 saturated carbocycles. The van der Waals surface area contributed by atoms with Crippen LogP contribution in [0.15, 0.2) is 12.2 Å². The van der Waals surface area contributed by atoms with E-state index in [-0.39, 0.29) is 6.42 Å². The standard InChI is InChI=1S/C6H4F3NO/c7-6(8,9)5(11)3-1-2-4-10/h1,3H,2H2. The summed E-state index contributed by atoms with van der Waals surface area (Å²) in [5.41, 5.74) is 0. The number of alkyl halides is 3. The minimum Gasteiger partial charge on any atom is -0.285 e. The van der Waals surface area contributed by atoms with E-state index >= 15 is 0 Å². The van der Waals surface area contributed by atoms with Crippen molar-refractivity contribution in [2.45, 2.75) is 12.6 Å². The number of nitrogens with zero attached hydrogens (tertiary/aromatic N) is 1. The van der Waals surface area contributed by atoms with Crippen molar-refractivity contribution in [3.8, 4) is 6.07 Å². The molecule has 0 aliphatic rings. The predicted octanol–water partition coefficient (Wildman–Crippen LogP) is 1.59. The zero-order valence-electron chi connectivity index (χ0n) is 5.35. The lowest BCUT2D eigenvalue weighted by molar-refractivity contribution is -0.165. The van der Waals surface area contributed by atoms with E-state index in [1.54, 1.807) is 6.07 Å². The number of allylic oxidation sites excluding steroid dienone is 2. The van der Waals surface area contributed by atoms with E-state index in [0.717, 1.165) is 6.08 Å². The van der Waals surface area contributed by atoms with Crippen LogP contribution in [-0.2, 0) is 4.79 Å². The van der Waals surface area contributed by atoms with E-state index in [1.165, 1.54) is 0 Å². The maximum absolute atomic E-state index is 11.4. The Bertz CT molecular complexity index is 211. The van der Waals surface area contributed by atoms with Crippen LogP contribution in [0.5, 0.6) is 0 Å². The van der Waals surface area contributed by atoms with Gasteiger partial charge in [-0.25, -0.2) is 0 Å². The van der Waals surface area contributed by atoms with Crippen LogP contribution < -0.4 is 0 Å². The van der Waals surface area contributed by atoms with Crippen LogP contribution in [-0.4, -0.2) is 12.0 Å². The normalized spacial score (nSPS) is 11.5. The summed E-state index contributed by atoms with van der Waals surface area (Å²) < 4.78 is 34.2. The Hall–Kier alpha value is -1.31. The number of hydrogen-bond donors (Lipinski definition) is 0. The Kier molecular flexibility index (Phi) is 3.31. The molecule has 0 bridgehead atoms. The first-order valence-electron chi connectivity index (χ1n) is 2.63. The molecule has 0 aromatic carbocycles. The Labute approximate surface area is 60.9 Å².